The average Bonchev–Trinajstić information content (AvgIpc) is 2.29. The Balaban J connectivity index is 2.51. The van der Waals surface area contributed by atoms with Crippen molar-refractivity contribution in [2.75, 3.05) is 6.61 Å². The van der Waals surface area contributed by atoms with Crippen LogP contribution in [0, 0.1) is 0 Å². The van der Waals surface area contributed by atoms with E-state index < -0.39 is 5.97 Å². The largest absolute Gasteiger partial charge is 0.507 e. The van der Waals surface area contributed by atoms with Crippen LogP contribution in [0.4, 0.5) is 0 Å². The summed E-state index contributed by atoms with van der Waals surface area (Å²) in [4.78, 5) is 11.6. The van der Waals surface area contributed by atoms with Crippen molar-refractivity contribution in [3.63, 3.8) is 0 Å². The van der Waals surface area contributed by atoms with Gasteiger partial charge >= 0.3 is 5.97 Å². The summed E-state index contributed by atoms with van der Waals surface area (Å²) in [6.45, 7) is 4.36. The van der Waals surface area contributed by atoms with E-state index in [-0.39, 0.29) is 17.9 Å². The third-order valence-electron chi connectivity index (χ3n) is 2.41. The van der Waals surface area contributed by atoms with Crippen molar-refractivity contribution >= 4 is 5.97 Å². The number of carbonyl (C=O) groups is 1. The number of hydrogen-bond acceptors (Lipinski definition) is 3. The van der Waals surface area contributed by atoms with Crippen LogP contribution in [-0.4, -0.2) is 17.7 Å². The molecule has 0 bridgehead atoms. The van der Waals surface area contributed by atoms with Crippen LogP contribution in [0.2, 0.25) is 0 Å². The second-order valence-corrected chi connectivity index (χ2v) is 3.92. The highest BCUT2D eigenvalue weighted by Gasteiger charge is 2.10. The lowest BCUT2D eigenvalue weighted by atomic mass is 10.2. The SMILES string of the molecule is CCC/C(C)=C/COC(=O)c1ccccc1O. The quantitative estimate of drug-likeness (QED) is 0.628. The Morgan fingerprint density at radius 2 is 2.12 bits per heavy atom. The summed E-state index contributed by atoms with van der Waals surface area (Å²) >= 11 is 0. The van der Waals surface area contributed by atoms with Crippen molar-refractivity contribution in [1.29, 1.82) is 0 Å². The lowest BCUT2D eigenvalue weighted by molar-refractivity contribution is 0.0545. The van der Waals surface area contributed by atoms with E-state index in [1.165, 1.54) is 11.6 Å². The Morgan fingerprint density at radius 1 is 1.41 bits per heavy atom. The minimum absolute atomic E-state index is 0.0493. The second-order valence-electron chi connectivity index (χ2n) is 3.92. The first-order valence-electron chi connectivity index (χ1n) is 5.76. The number of para-hydroxylation sites is 1. The maximum Gasteiger partial charge on any atom is 0.342 e. The molecule has 0 saturated heterocycles. The number of esters is 1. The molecule has 0 atom stereocenters. The Morgan fingerprint density at radius 3 is 2.76 bits per heavy atom. The molecule has 0 fully saturated rings. The maximum absolute atomic E-state index is 11.6. The van der Waals surface area contributed by atoms with Crippen LogP contribution >= 0.6 is 0 Å². The minimum atomic E-state index is -0.497. The molecule has 3 nitrogen and oxygen atoms in total. The van der Waals surface area contributed by atoms with E-state index in [9.17, 15) is 9.90 Å². The summed E-state index contributed by atoms with van der Waals surface area (Å²) in [5.41, 5.74) is 1.41. The predicted molar refractivity (Wildman–Crippen MR) is 67.1 cm³/mol. The summed E-state index contributed by atoms with van der Waals surface area (Å²) in [5.74, 6) is -0.546. The Bertz CT molecular complexity index is 408. The van der Waals surface area contributed by atoms with Gasteiger partial charge < -0.3 is 9.84 Å². The number of hydrogen-bond donors (Lipinski definition) is 1. The third kappa shape index (κ3) is 4.31. The first kappa shape index (κ1) is 13.3. The number of allylic oxidation sites excluding steroid dienone is 1. The van der Waals surface area contributed by atoms with Crippen LogP contribution in [0.1, 0.15) is 37.0 Å². The van der Waals surface area contributed by atoms with E-state index >= 15 is 0 Å². The molecule has 3 heteroatoms. The zero-order valence-corrected chi connectivity index (χ0v) is 10.3. The standard InChI is InChI=1S/C14H18O3/c1-3-6-11(2)9-10-17-14(16)12-7-4-5-8-13(12)15/h4-5,7-9,15H,3,6,10H2,1-2H3/b11-9+. The minimum Gasteiger partial charge on any atom is -0.507 e. The van der Waals surface area contributed by atoms with Crippen molar-refractivity contribution in [2.24, 2.45) is 0 Å². The fraction of sp³-hybridized carbons (Fsp3) is 0.357. The molecular formula is C14H18O3. The lowest BCUT2D eigenvalue weighted by Crippen LogP contribution is -2.05. The summed E-state index contributed by atoms with van der Waals surface area (Å²) in [5, 5.41) is 9.46. The fourth-order valence-corrected chi connectivity index (χ4v) is 1.48. The molecule has 0 amide bonds. The fourth-order valence-electron chi connectivity index (χ4n) is 1.48. The zero-order chi connectivity index (χ0) is 12.7. The molecule has 0 unspecified atom stereocenters. The van der Waals surface area contributed by atoms with Crippen LogP contribution in [0.25, 0.3) is 0 Å². The van der Waals surface area contributed by atoms with E-state index in [1.54, 1.807) is 18.2 Å². The van der Waals surface area contributed by atoms with Gasteiger partial charge in [-0.3, -0.25) is 0 Å². The molecule has 0 spiro atoms. The van der Waals surface area contributed by atoms with E-state index in [2.05, 4.69) is 6.92 Å². The molecule has 0 aliphatic rings. The molecule has 0 aromatic heterocycles. The van der Waals surface area contributed by atoms with Crippen molar-refractivity contribution in [3.8, 4) is 5.75 Å². The summed E-state index contributed by atoms with van der Waals surface area (Å²) in [6.07, 6.45) is 3.98. The highest BCUT2D eigenvalue weighted by atomic mass is 16.5. The van der Waals surface area contributed by atoms with Crippen molar-refractivity contribution in [3.05, 3.63) is 41.5 Å². The molecule has 0 heterocycles. The molecule has 17 heavy (non-hydrogen) atoms. The molecular weight excluding hydrogens is 216 g/mol. The number of aromatic hydroxyl groups is 1. The van der Waals surface area contributed by atoms with Crippen molar-refractivity contribution in [1.82, 2.24) is 0 Å². The molecule has 92 valence electrons. The van der Waals surface area contributed by atoms with Crippen molar-refractivity contribution < 1.29 is 14.6 Å². The van der Waals surface area contributed by atoms with E-state index in [0.29, 0.717) is 0 Å². The van der Waals surface area contributed by atoms with Gasteiger partial charge in [-0.1, -0.05) is 31.1 Å². The van der Waals surface area contributed by atoms with Crippen LogP contribution in [0.3, 0.4) is 0 Å². The van der Waals surface area contributed by atoms with E-state index in [1.807, 2.05) is 13.0 Å². The van der Waals surface area contributed by atoms with Gasteiger partial charge in [0.15, 0.2) is 0 Å². The topological polar surface area (TPSA) is 46.5 Å². The predicted octanol–water partition coefficient (Wildman–Crippen LogP) is 3.30. The van der Waals surface area contributed by atoms with E-state index in [4.69, 9.17) is 4.74 Å². The Hall–Kier alpha value is -1.77. The number of rotatable bonds is 5. The Labute approximate surface area is 102 Å². The first-order valence-corrected chi connectivity index (χ1v) is 5.76. The van der Waals surface area contributed by atoms with Gasteiger partial charge in [-0.2, -0.15) is 0 Å². The van der Waals surface area contributed by atoms with Gasteiger partial charge in [0.1, 0.15) is 17.9 Å². The van der Waals surface area contributed by atoms with Gasteiger partial charge in [-0.05, 0) is 31.6 Å². The molecule has 1 rings (SSSR count). The number of phenolic OH excluding ortho intramolecular Hbond substituents is 1. The number of phenols is 1. The van der Waals surface area contributed by atoms with Crippen LogP contribution in [0.15, 0.2) is 35.9 Å². The molecule has 1 aromatic rings. The normalized spacial score (nSPS) is 11.3. The lowest BCUT2D eigenvalue weighted by Gasteiger charge is -2.04. The van der Waals surface area contributed by atoms with Gasteiger partial charge in [-0.25, -0.2) is 4.79 Å². The van der Waals surface area contributed by atoms with Crippen LogP contribution in [-0.2, 0) is 4.74 Å². The molecule has 0 aliphatic carbocycles. The van der Waals surface area contributed by atoms with E-state index in [0.717, 1.165) is 12.8 Å². The number of ether oxygens (including phenoxy) is 1. The summed E-state index contributed by atoms with van der Waals surface area (Å²) < 4.78 is 5.05. The number of benzene rings is 1. The van der Waals surface area contributed by atoms with Crippen LogP contribution in [0.5, 0.6) is 5.75 Å². The number of carbonyl (C=O) groups excluding carboxylic acids is 1. The van der Waals surface area contributed by atoms with Crippen LogP contribution < -0.4 is 0 Å². The van der Waals surface area contributed by atoms with Gasteiger partial charge in [-0.15, -0.1) is 0 Å². The highest BCUT2D eigenvalue weighted by molar-refractivity contribution is 5.92. The smallest absolute Gasteiger partial charge is 0.342 e. The van der Waals surface area contributed by atoms with Gasteiger partial charge in [0.05, 0.1) is 0 Å². The van der Waals surface area contributed by atoms with Gasteiger partial charge in [0, 0.05) is 0 Å². The summed E-state index contributed by atoms with van der Waals surface area (Å²) in [6, 6.07) is 6.36. The molecule has 0 aliphatic heterocycles. The average molecular weight is 234 g/mol. The van der Waals surface area contributed by atoms with Gasteiger partial charge in [0.2, 0.25) is 0 Å². The molecule has 1 N–H and O–H groups in total. The van der Waals surface area contributed by atoms with Crippen molar-refractivity contribution in [2.45, 2.75) is 26.7 Å². The second kappa shape index (κ2) is 6.74. The Kier molecular flexibility index (Phi) is 5.27. The molecule has 0 saturated carbocycles. The zero-order valence-electron chi connectivity index (χ0n) is 10.3. The maximum atomic E-state index is 11.6. The first-order chi connectivity index (χ1) is 8.15. The highest BCUT2D eigenvalue weighted by Crippen LogP contribution is 2.16. The summed E-state index contributed by atoms with van der Waals surface area (Å²) in [7, 11) is 0. The molecule has 0 radical (unpaired) electrons. The molecule has 1 aromatic carbocycles. The van der Waals surface area contributed by atoms with Gasteiger partial charge in [0.25, 0.3) is 0 Å². The monoisotopic (exact) mass is 234 g/mol. The third-order valence-corrected chi connectivity index (χ3v) is 2.41.